The molecular formula is C16H20N2O3. The van der Waals surface area contributed by atoms with Crippen LogP contribution in [-0.2, 0) is 4.79 Å². The highest BCUT2D eigenvalue weighted by Crippen LogP contribution is 2.21. The molecule has 0 bridgehead atoms. The number of benzene rings is 1. The summed E-state index contributed by atoms with van der Waals surface area (Å²) in [7, 11) is 0. The van der Waals surface area contributed by atoms with Crippen molar-refractivity contribution in [2.75, 3.05) is 19.7 Å². The van der Waals surface area contributed by atoms with Gasteiger partial charge in [0, 0.05) is 13.1 Å². The summed E-state index contributed by atoms with van der Waals surface area (Å²) in [6.07, 6.45) is 1.32. The molecule has 1 aromatic rings. The van der Waals surface area contributed by atoms with Crippen LogP contribution in [0.3, 0.4) is 0 Å². The number of rotatable bonds is 4. The van der Waals surface area contributed by atoms with Gasteiger partial charge in [-0.15, -0.1) is 0 Å². The number of aliphatic hydroxyl groups excluding tert-OH is 1. The molecule has 2 rings (SSSR count). The number of carbonyl (C=O) groups is 1. The van der Waals surface area contributed by atoms with Crippen LogP contribution in [0.2, 0.25) is 0 Å². The van der Waals surface area contributed by atoms with Gasteiger partial charge in [-0.3, -0.25) is 4.79 Å². The fraction of sp³-hybridized carbons (Fsp3) is 0.500. The molecule has 1 fully saturated rings. The first-order valence-electron chi connectivity index (χ1n) is 7.19. The molecule has 0 aromatic heterocycles. The third kappa shape index (κ3) is 3.96. The Hall–Kier alpha value is -2.06. The molecule has 1 amide bonds. The normalized spacial score (nSPS) is 17.1. The van der Waals surface area contributed by atoms with Crippen molar-refractivity contribution in [2.45, 2.75) is 25.9 Å². The van der Waals surface area contributed by atoms with E-state index in [2.05, 4.69) is 0 Å². The summed E-state index contributed by atoms with van der Waals surface area (Å²) in [5.74, 6) is 0.633. The molecule has 0 aliphatic carbocycles. The summed E-state index contributed by atoms with van der Waals surface area (Å²) in [4.78, 5) is 13.9. The average molecular weight is 288 g/mol. The zero-order valence-corrected chi connectivity index (χ0v) is 12.2. The van der Waals surface area contributed by atoms with Crippen molar-refractivity contribution in [1.29, 1.82) is 5.26 Å². The lowest BCUT2D eigenvalue weighted by Gasteiger charge is -2.33. The Labute approximate surface area is 124 Å². The second kappa shape index (κ2) is 7.09. The number of piperidine rings is 1. The molecule has 112 valence electrons. The fourth-order valence-corrected chi connectivity index (χ4v) is 2.55. The Bertz CT molecular complexity index is 529. The molecule has 1 atom stereocenters. The van der Waals surface area contributed by atoms with Crippen LogP contribution in [0.1, 0.15) is 25.3 Å². The highest BCUT2D eigenvalue weighted by molar-refractivity contribution is 5.78. The van der Waals surface area contributed by atoms with Crippen molar-refractivity contribution in [2.24, 2.45) is 5.92 Å². The summed E-state index contributed by atoms with van der Waals surface area (Å²) >= 11 is 0. The molecule has 0 spiro atoms. The minimum atomic E-state index is -0.319. The molecule has 1 N–H and O–H groups in total. The monoisotopic (exact) mass is 288 g/mol. The van der Waals surface area contributed by atoms with Crippen molar-refractivity contribution in [1.82, 2.24) is 4.90 Å². The number of likely N-dealkylation sites (tertiary alicyclic amines) is 1. The van der Waals surface area contributed by atoms with Gasteiger partial charge in [-0.2, -0.15) is 5.26 Å². The van der Waals surface area contributed by atoms with Crippen molar-refractivity contribution in [3.05, 3.63) is 29.8 Å². The minimum absolute atomic E-state index is 0.0575. The summed E-state index contributed by atoms with van der Waals surface area (Å²) in [6.45, 7) is 3.04. The Morgan fingerprint density at radius 1 is 1.48 bits per heavy atom. The molecule has 1 aliphatic rings. The van der Waals surface area contributed by atoms with Crippen LogP contribution in [0.15, 0.2) is 24.3 Å². The van der Waals surface area contributed by atoms with E-state index in [0.717, 1.165) is 12.8 Å². The molecule has 21 heavy (non-hydrogen) atoms. The van der Waals surface area contributed by atoms with Crippen LogP contribution in [0.5, 0.6) is 5.75 Å². The molecule has 5 heteroatoms. The number of carbonyl (C=O) groups excluding carboxylic acids is 1. The van der Waals surface area contributed by atoms with Gasteiger partial charge >= 0.3 is 0 Å². The van der Waals surface area contributed by atoms with Gasteiger partial charge in [-0.1, -0.05) is 12.1 Å². The standard InChI is InChI=1S/C16H20N2O3/c1-12(19)13-6-8-18(9-7-13)16(20)11-21-15-5-3-2-4-14(15)10-17/h2-5,12-13,19H,6-9,11H2,1H3. The van der Waals surface area contributed by atoms with Crippen molar-refractivity contribution >= 4 is 5.91 Å². The third-order valence-electron chi connectivity index (χ3n) is 3.93. The molecule has 1 heterocycles. The van der Waals surface area contributed by atoms with E-state index >= 15 is 0 Å². The van der Waals surface area contributed by atoms with E-state index in [0.29, 0.717) is 24.4 Å². The molecular weight excluding hydrogens is 268 g/mol. The zero-order chi connectivity index (χ0) is 15.2. The number of para-hydroxylation sites is 1. The maximum atomic E-state index is 12.1. The largest absolute Gasteiger partial charge is 0.482 e. The highest BCUT2D eigenvalue weighted by Gasteiger charge is 2.25. The van der Waals surface area contributed by atoms with Crippen molar-refractivity contribution in [3.8, 4) is 11.8 Å². The van der Waals surface area contributed by atoms with E-state index in [4.69, 9.17) is 10.00 Å². The molecule has 1 unspecified atom stereocenters. The van der Waals surface area contributed by atoms with Gasteiger partial charge in [0.15, 0.2) is 6.61 Å². The van der Waals surface area contributed by atoms with Crippen LogP contribution >= 0.6 is 0 Å². The van der Waals surface area contributed by atoms with E-state index in [-0.39, 0.29) is 24.5 Å². The molecule has 0 radical (unpaired) electrons. The zero-order valence-electron chi connectivity index (χ0n) is 12.2. The van der Waals surface area contributed by atoms with Gasteiger partial charge in [0.2, 0.25) is 0 Å². The van der Waals surface area contributed by atoms with E-state index in [1.807, 2.05) is 6.07 Å². The molecule has 1 saturated heterocycles. The Balaban J connectivity index is 1.84. The quantitative estimate of drug-likeness (QED) is 0.912. The molecule has 5 nitrogen and oxygen atoms in total. The number of ether oxygens (including phenoxy) is 1. The first-order valence-corrected chi connectivity index (χ1v) is 7.19. The van der Waals surface area contributed by atoms with Gasteiger partial charge < -0.3 is 14.7 Å². The fourth-order valence-electron chi connectivity index (χ4n) is 2.55. The summed E-state index contributed by atoms with van der Waals surface area (Å²) in [5.41, 5.74) is 0.429. The van der Waals surface area contributed by atoms with Crippen LogP contribution in [0.25, 0.3) is 0 Å². The Kier molecular flexibility index (Phi) is 5.18. The second-order valence-electron chi connectivity index (χ2n) is 5.36. The smallest absolute Gasteiger partial charge is 0.260 e. The first kappa shape index (κ1) is 15.3. The van der Waals surface area contributed by atoms with Crippen LogP contribution in [-0.4, -0.2) is 41.7 Å². The lowest BCUT2D eigenvalue weighted by atomic mass is 9.92. The number of nitrogens with zero attached hydrogens (tertiary/aromatic N) is 2. The topological polar surface area (TPSA) is 73.6 Å². The highest BCUT2D eigenvalue weighted by atomic mass is 16.5. The van der Waals surface area contributed by atoms with Gasteiger partial charge in [-0.05, 0) is 37.8 Å². The summed E-state index contributed by atoms with van der Waals surface area (Å²) < 4.78 is 5.45. The number of aliphatic hydroxyl groups is 1. The van der Waals surface area contributed by atoms with Gasteiger partial charge in [0.25, 0.3) is 5.91 Å². The Morgan fingerprint density at radius 2 is 2.14 bits per heavy atom. The maximum absolute atomic E-state index is 12.1. The SMILES string of the molecule is CC(O)C1CCN(C(=O)COc2ccccc2C#N)CC1. The maximum Gasteiger partial charge on any atom is 0.260 e. The molecule has 1 aromatic carbocycles. The van der Waals surface area contributed by atoms with E-state index in [9.17, 15) is 9.90 Å². The predicted octanol–water partition coefficient (Wildman–Crippen LogP) is 1.56. The Morgan fingerprint density at radius 3 is 2.76 bits per heavy atom. The summed E-state index contributed by atoms with van der Waals surface area (Å²) in [6, 6.07) is 8.92. The predicted molar refractivity (Wildman–Crippen MR) is 77.6 cm³/mol. The van der Waals surface area contributed by atoms with E-state index in [1.165, 1.54) is 0 Å². The van der Waals surface area contributed by atoms with Crippen molar-refractivity contribution < 1.29 is 14.6 Å². The number of amides is 1. The molecule has 1 aliphatic heterocycles. The third-order valence-corrected chi connectivity index (χ3v) is 3.93. The van der Waals surface area contributed by atoms with Crippen LogP contribution in [0.4, 0.5) is 0 Å². The lowest BCUT2D eigenvalue weighted by molar-refractivity contribution is -0.135. The number of nitriles is 1. The summed E-state index contributed by atoms with van der Waals surface area (Å²) in [5, 5.41) is 18.5. The minimum Gasteiger partial charge on any atom is -0.482 e. The van der Waals surface area contributed by atoms with Gasteiger partial charge in [-0.25, -0.2) is 0 Å². The van der Waals surface area contributed by atoms with E-state index in [1.54, 1.807) is 36.1 Å². The van der Waals surface area contributed by atoms with Gasteiger partial charge in [0.1, 0.15) is 11.8 Å². The second-order valence-corrected chi connectivity index (χ2v) is 5.36. The number of hydrogen-bond donors (Lipinski definition) is 1. The average Bonchev–Trinajstić information content (AvgIpc) is 2.52. The van der Waals surface area contributed by atoms with Crippen LogP contribution in [0, 0.1) is 17.2 Å². The molecule has 0 saturated carbocycles. The number of hydrogen-bond acceptors (Lipinski definition) is 4. The van der Waals surface area contributed by atoms with Crippen molar-refractivity contribution in [3.63, 3.8) is 0 Å². The lowest BCUT2D eigenvalue weighted by Crippen LogP contribution is -2.42. The first-order chi connectivity index (χ1) is 10.1. The van der Waals surface area contributed by atoms with E-state index < -0.39 is 0 Å². The van der Waals surface area contributed by atoms with Gasteiger partial charge in [0.05, 0.1) is 11.7 Å². The van der Waals surface area contributed by atoms with Crippen LogP contribution < -0.4 is 4.74 Å².